The van der Waals surface area contributed by atoms with Crippen molar-refractivity contribution in [1.82, 2.24) is 15.5 Å². The van der Waals surface area contributed by atoms with Gasteiger partial charge in [0, 0.05) is 39.4 Å². The second-order valence-corrected chi connectivity index (χ2v) is 7.15. The standard InChI is InChI=1S/C21H34N4O3/c1-4-27-13-7-12-22-21(24-15-20(26)25(2)3)23-14-18-8-5-6-9-19(18)28-16-17-10-11-17/h5-6,8-9,17H,4,7,10-16H2,1-3H3,(H2,22,23,24). The van der Waals surface area contributed by atoms with E-state index in [0.717, 1.165) is 30.9 Å². The summed E-state index contributed by atoms with van der Waals surface area (Å²) >= 11 is 0. The Hall–Kier alpha value is -2.28. The molecule has 0 bridgehead atoms. The van der Waals surface area contributed by atoms with Crippen LogP contribution in [0.15, 0.2) is 29.3 Å². The Balaban J connectivity index is 1.93. The second kappa shape index (κ2) is 12.2. The summed E-state index contributed by atoms with van der Waals surface area (Å²) in [5.41, 5.74) is 1.04. The fourth-order valence-electron chi connectivity index (χ4n) is 2.45. The van der Waals surface area contributed by atoms with Crippen LogP contribution in [0, 0.1) is 5.92 Å². The minimum absolute atomic E-state index is 0.00279. The molecule has 1 saturated carbocycles. The maximum atomic E-state index is 11.9. The molecule has 7 nitrogen and oxygen atoms in total. The average Bonchev–Trinajstić information content (AvgIpc) is 3.52. The van der Waals surface area contributed by atoms with Gasteiger partial charge < -0.3 is 25.0 Å². The third-order valence-corrected chi connectivity index (χ3v) is 4.42. The first-order valence-corrected chi connectivity index (χ1v) is 10.1. The van der Waals surface area contributed by atoms with Crippen molar-refractivity contribution in [1.29, 1.82) is 0 Å². The molecule has 1 fully saturated rings. The lowest BCUT2D eigenvalue weighted by Gasteiger charge is -2.15. The molecular formula is C21H34N4O3. The molecule has 0 heterocycles. The number of rotatable bonds is 12. The number of hydrogen-bond acceptors (Lipinski definition) is 4. The van der Waals surface area contributed by atoms with Gasteiger partial charge in [-0.15, -0.1) is 0 Å². The number of amides is 1. The monoisotopic (exact) mass is 390 g/mol. The molecule has 0 spiro atoms. The van der Waals surface area contributed by atoms with Crippen LogP contribution in [0.5, 0.6) is 5.75 Å². The zero-order chi connectivity index (χ0) is 20.2. The number of para-hydroxylation sites is 1. The summed E-state index contributed by atoms with van der Waals surface area (Å²) in [5, 5.41) is 6.38. The summed E-state index contributed by atoms with van der Waals surface area (Å²) < 4.78 is 11.3. The molecule has 0 unspecified atom stereocenters. The largest absolute Gasteiger partial charge is 0.493 e. The minimum Gasteiger partial charge on any atom is -0.493 e. The van der Waals surface area contributed by atoms with E-state index in [2.05, 4.69) is 15.6 Å². The number of likely N-dealkylation sites (N-methyl/N-ethyl adjacent to an activating group) is 1. The van der Waals surface area contributed by atoms with Crippen LogP contribution in [0.1, 0.15) is 31.7 Å². The lowest BCUT2D eigenvalue weighted by Crippen LogP contribution is -2.43. The molecule has 28 heavy (non-hydrogen) atoms. The number of aliphatic imine (C=N–C) groups is 1. The SMILES string of the molecule is CCOCCCNC(=NCc1ccccc1OCC1CC1)NCC(=O)N(C)C. The van der Waals surface area contributed by atoms with Crippen LogP contribution < -0.4 is 15.4 Å². The van der Waals surface area contributed by atoms with E-state index in [-0.39, 0.29) is 12.5 Å². The van der Waals surface area contributed by atoms with E-state index < -0.39 is 0 Å². The smallest absolute Gasteiger partial charge is 0.241 e. The third kappa shape index (κ3) is 8.61. The van der Waals surface area contributed by atoms with Crippen molar-refractivity contribution < 1.29 is 14.3 Å². The highest BCUT2D eigenvalue weighted by molar-refractivity contribution is 5.86. The van der Waals surface area contributed by atoms with Crippen LogP contribution in [-0.4, -0.2) is 63.8 Å². The maximum Gasteiger partial charge on any atom is 0.241 e. The number of guanidine groups is 1. The molecule has 0 aliphatic heterocycles. The zero-order valence-electron chi connectivity index (χ0n) is 17.4. The first-order chi connectivity index (χ1) is 13.6. The molecule has 0 atom stereocenters. The number of nitrogens with one attached hydrogen (secondary N) is 2. The summed E-state index contributed by atoms with van der Waals surface area (Å²) in [4.78, 5) is 18.1. The van der Waals surface area contributed by atoms with Crippen LogP contribution in [0.4, 0.5) is 0 Å². The van der Waals surface area contributed by atoms with Crippen molar-refractivity contribution in [3.05, 3.63) is 29.8 Å². The molecule has 2 rings (SSSR count). The van der Waals surface area contributed by atoms with Gasteiger partial charge in [0.15, 0.2) is 5.96 Å². The molecule has 1 aliphatic carbocycles. The fourth-order valence-corrected chi connectivity index (χ4v) is 2.45. The number of benzene rings is 1. The molecule has 2 N–H and O–H groups in total. The fraction of sp³-hybridized carbons (Fsp3) is 0.619. The molecular weight excluding hydrogens is 356 g/mol. The third-order valence-electron chi connectivity index (χ3n) is 4.42. The predicted octanol–water partition coefficient (Wildman–Crippen LogP) is 2.03. The highest BCUT2D eigenvalue weighted by Crippen LogP contribution is 2.30. The van der Waals surface area contributed by atoms with E-state index in [4.69, 9.17) is 9.47 Å². The molecule has 0 aromatic heterocycles. The number of nitrogens with zero attached hydrogens (tertiary/aromatic N) is 2. The molecule has 7 heteroatoms. The number of hydrogen-bond donors (Lipinski definition) is 2. The Morgan fingerprint density at radius 3 is 2.75 bits per heavy atom. The van der Waals surface area contributed by atoms with Crippen LogP contribution in [0.25, 0.3) is 0 Å². The van der Waals surface area contributed by atoms with Crippen molar-refractivity contribution in [3.63, 3.8) is 0 Å². The molecule has 1 amide bonds. The van der Waals surface area contributed by atoms with E-state index >= 15 is 0 Å². The highest BCUT2D eigenvalue weighted by atomic mass is 16.5. The van der Waals surface area contributed by atoms with Crippen molar-refractivity contribution in [2.24, 2.45) is 10.9 Å². The quantitative estimate of drug-likeness (QED) is 0.324. The van der Waals surface area contributed by atoms with Gasteiger partial charge in [-0.2, -0.15) is 0 Å². The summed E-state index contributed by atoms with van der Waals surface area (Å²) in [6, 6.07) is 8.00. The highest BCUT2D eigenvalue weighted by Gasteiger charge is 2.22. The van der Waals surface area contributed by atoms with Crippen LogP contribution in [0.3, 0.4) is 0 Å². The first-order valence-electron chi connectivity index (χ1n) is 10.1. The van der Waals surface area contributed by atoms with Gasteiger partial charge in [0.05, 0.1) is 19.7 Å². The van der Waals surface area contributed by atoms with Crippen LogP contribution >= 0.6 is 0 Å². The van der Waals surface area contributed by atoms with Crippen molar-refractivity contribution in [2.75, 3.05) is 47.0 Å². The van der Waals surface area contributed by atoms with Gasteiger partial charge in [-0.3, -0.25) is 4.79 Å². The Kier molecular flexibility index (Phi) is 9.62. The summed E-state index contributed by atoms with van der Waals surface area (Å²) in [6.07, 6.45) is 3.40. The van der Waals surface area contributed by atoms with Gasteiger partial charge in [-0.1, -0.05) is 18.2 Å². The molecule has 1 aromatic rings. The van der Waals surface area contributed by atoms with Gasteiger partial charge in [0.1, 0.15) is 5.75 Å². The topological polar surface area (TPSA) is 75.2 Å². The van der Waals surface area contributed by atoms with Gasteiger partial charge in [0.2, 0.25) is 5.91 Å². The second-order valence-electron chi connectivity index (χ2n) is 7.15. The number of carbonyl (C=O) groups is 1. The van der Waals surface area contributed by atoms with E-state index in [1.165, 1.54) is 12.8 Å². The van der Waals surface area contributed by atoms with Gasteiger partial charge in [-0.05, 0) is 38.2 Å². The Labute approximate surface area is 168 Å². The zero-order valence-corrected chi connectivity index (χ0v) is 17.4. The number of carbonyl (C=O) groups excluding carboxylic acids is 1. The van der Waals surface area contributed by atoms with Gasteiger partial charge >= 0.3 is 0 Å². The first kappa shape index (κ1) is 22.0. The van der Waals surface area contributed by atoms with E-state index in [0.29, 0.717) is 31.6 Å². The minimum atomic E-state index is -0.00279. The summed E-state index contributed by atoms with van der Waals surface area (Å²) in [6.45, 7) is 5.58. The Morgan fingerprint density at radius 1 is 1.25 bits per heavy atom. The molecule has 0 saturated heterocycles. The van der Waals surface area contributed by atoms with Gasteiger partial charge in [-0.25, -0.2) is 4.99 Å². The Bertz CT molecular complexity index is 630. The van der Waals surface area contributed by atoms with E-state index in [1.54, 1.807) is 19.0 Å². The Morgan fingerprint density at radius 2 is 2.04 bits per heavy atom. The summed E-state index contributed by atoms with van der Waals surface area (Å²) in [7, 11) is 3.48. The molecule has 0 radical (unpaired) electrons. The lowest BCUT2D eigenvalue weighted by molar-refractivity contribution is -0.127. The van der Waals surface area contributed by atoms with E-state index in [9.17, 15) is 4.79 Å². The van der Waals surface area contributed by atoms with Gasteiger partial charge in [0.25, 0.3) is 0 Å². The maximum absolute atomic E-state index is 11.9. The van der Waals surface area contributed by atoms with Crippen LogP contribution in [-0.2, 0) is 16.1 Å². The lowest BCUT2D eigenvalue weighted by atomic mass is 10.2. The normalized spacial score (nSPS) is 13.9. The van der Waals surface area contributed by atoms with Crippen LogP contribution in [0.2, 0.25) is 0 Å². The average molecular weight is 391 g/mol. The predicted molar refractivity (Wildman–Crippen MR) is 112 cm³/mol. The summed E-state index contributed by atoms with van der Waals surface area (Å²) in [5.74, 6) is 2.21. The van der Waals surface area contributed by atoms with Crippen molar-refractivity contribution in [2.45, 2.75) is 32.7 Å². The van der Waals surface area contributed by atoms with E-state index in [1.807, 2.05) is 31.2 Å². The molecule has 1 aliphatic rings. The molecule has 156 valence electrons. The van der Waals surface area contributed by atoms with Crippen molar-refractivity contribution >= 4 is 11.9 Å². The molecule has 1 aromatic carbocycles. The van der Waals surface area contributed by atoms with Crippen molar-refractivity contribution in [3.8, 4) is 5.75 Å². The number of ether oxygens (including phenoxy) is 2.